The van der Waals surface area contributed by atoms with E-state index in [2.05, 4.69) is 15.4 Å². The highest BCUT2D eigenvalue weighted by molar-refractivity contribution is 5.85. The molecule has 0 bridgehead atoms. The quantitative estimate of drug-likeness (QED) is 0.666. The Labute approximate surface area is 172 Å². The minimum Gasteiger partial charge on any atom is -0.467 e. The van der Waals surface area contributed by atoms with Gasteiger partial charge in [-0.3, -0.25) is 4.79 Å². The van der Waals surface area contributed by atoms with Crippen molar-refractivity contribution in [1.82, 2.24) is 20.1 Å². The van der Waals surface area contributed by atoms with Gasteiger partial charge < -0.3 is 19.5 Å². The van der Waals surface area contributed by atoms with Gasteiger partial charge in [0.05, 0.1) is 12.0 Å². The van der Waals surface area contributed by atoms with E-state index in [-0.39, 0.29) is 25.1 Å². The summed E-state index contributed by atoms with van der Waals surface area (Å²) in [6.45, 7) is 4.47. The zero-order valence-electron chi connectivity index (χ0n) is 17.1. The van der Waals surface area contributed by atoms with Crippen molar-refractivity contribution in [1.29, 1.82) is 0 Å². The van der Waals surface area contributed by atoms with Gasteiger partial charge in [0, 0.05) is 24.8 Å². The number of ether oxygens (including phenoxy) is 3. The highest BCUT2D eigenvalue weighted by Crippen LogP contribution is 2.30. The standard InChI is InChI=1S/C21H23FN4O4/c1-12-6-13(2)24-20-18(12)21(25-26(20)3)29-10-17(27)23-5-4-14-7-16(22)8-15-9-28-11-30-19(14)15/h6-8H,4-5,9-11H2,1-3H3,(H,23,27). The third kappa shape index (κ3) is 4.06. The molecule has 0 aliphatic carbocycles. The summed E-state index contributed by atoms with van der Waals surface area (Å²) in [5.74, 6) is 0.362. The Morgan fingerprint density at radius 3 is 3.00 bits per heavy atom. The Kier molecular flexibility index (Phi) is 5.54. The molecule has 8 nitrogen and oxygen atoms in total. The lowest BCUT2D eigenvalue weighted by atomic mass is 10.1. The van der Waals surface area contributed by atoms with Crippen LogP contribution in [0.3, 0.4) is 0 Å². The molecule has 0 saturated heterocycles. The molecule has 30 heavy (non-hydrogen) atoms. The van der Waals surface area contributed by atoms with Crippen LogP contribution in [-0.4, -0.2) is 40.6 Å². The van der Waals surface area contributed by atoms with Gasteiger partial charge in [-0.1, -0.05) is 0 Å². The van der Waals surface area contributed by atoms with Gasteiger partial charge in [0.2, 0.25) is 5.88 Å². The van der Waals surface area contributed by atoms with Crippen molar-refractivity contribution >= 4 is 16.9 Å². The number of benzene rings is 1. The minimum atomic E-state index is -0.353. The topological polar surface area (TPSA) is 87.5 Å². The number of aryl methyl sites for hydroxylation is 3. The molecule has 1 aliphatic heterocycles. The van der Waals surface area contributed by atoms with E-state index in [1.54, 1.807) is 11.7 Å². The minimum absolute atomic E-state index is 0.137. The van der Waals surface area contributed by atoms with Gasteiger partial charge in [-0.25, -0.2) is 14.1 Å². The van der Waals surface area contributed by atoms with Gasteiger partial charge in [0.15, 0.2) is 19.0 Å². The fraction of sp³-hybridized carbons (Fsp3) is 0.381. The van der Waals surface area contributed by atoms with Crippen LogP contribution >= 0.6 is 0 Å². The second-order valence-electron chi connectivity index (χ2n) is 7.26. The molecule has 1 N–H and O–H groups in total. The average Bonchev–Trinajstić information content (AvgIpc) is 3.02. The Balaban J connectivity index is 1.36. The number of hydrogen-bond donors (Lipinski definition) is 1. The molecule has 1 aromatic carbocycles. The van der Waals surface area contributed by atoms with Gasteiger partial charge in [0.25, 0.3) is 5.91 Å². The zero-order chi connectivity index (χ0) is 21.3. The summed E-state index contributed by atoms with van der Waals surface area (Å²) in [5, 5.41) is 7.91. The maximum absolute atomic E-state index is 13.8. The molecular weight excluding hydrogens is 391 g/mol. The van der Waals surface area contributed by atoms with Crippen LogP contribution in [-0.2, 0) is 29.6 Å². The van der Waals surface area contributed by atoms with Gasteiger partial charge in [-0.15, -0.1) is 5.10 Å². The first kappa shape index (κ1) is 20.1. The van der Waals surface area contributed by atoms with Gasteiger partial charge >= 0.3 is 0 Å². The first-order valence-corrected chi connectivity index (χ1v) is 9.64. The number of rotatable bonds is 6. The van der Waals surface area contributed by atoms with Crippen molar-refractivity contribution in [2.75, 3.05) is 19.9 Å². The molecule has 1 amide bonds. The molecule has 0 radical (unpaired) electrons. The Morgan fingerprint density at radius 2 is 2.17 bits per heavy atom. The number of aromatic nitrogens is 3. The summed E-state index contributed by atoms with van der Waals surface area (Å²) in [5.41, 5.74) is 3.96. The van der Waals surface area contributed by atoms with Crippen LogP contribution in [0.2, 0.25) is 0 Å². The number of pyridine rings is 1. The fourth-order valence-electron chi connectivity index (χ4n) is 3.61. The average molecular weight is 414 g/mol. The number of nitrogens with one attached hydrogen (secondary N) is 1. The maximum atomic E-state index is 13.8. The zero-order valence-corrected chi connectivity index (χ0v) is 17.1. The van der Waals surface area contributed by atoms with Gasteiger partial charge in [-0.2, -0.15) is 0 Å². The van der Waals surface area contributed by atoms with Crippen molar-refractivity contribution in [3.63, 3.8) is 0 Å². The van der Waals surface area contributed by atoms with Crippen molar-refractivity contribution < 1.29 is 23.4 Å². The molecule has 4 rings (SSSR count). The van der Waals surface area contributed by atoms with E-state index >= 15 is 0 Å². The van der Waals surface area contributed by atoms with Crippen molar-refractivity contribution in [3.8, 4) is 11.6 Å². The summed E-state index contributed by atoms with van der Waals surface area (Å²) in [4.78, 5) is 16.7. The van der Waals surface area contributed by atoms with Crippen molar-refractivity contribution in [3.05, 3.63) is 46.4 Å². The van der Waals surface area contributed by atoms with Crippen LogP contribution in [0.4, 0.5) is 4.39 Å². The largest absolute Gasteiger partial charge is 0.467 e. The predicted octanol–water partition coefficient (Wildman–Crippen LogP) is 2.33. The molecule has 0 unspecified atom stereocenters. The lowest BCUT2D eigenvalue weighted by Gasteiger charge is -2.21. The second kappa shape index (κ2) is 8.27. The SMILES string of the molecule is Cc1cc(C)c2c(OCC(=O)NCCc3cc(F)cc4c3OCOC4)nn(C)c2n1. The number of amides is 1. The van der Waals surface area contributed by atoms with E-state index < -0.39 is 0 Å². The van der Waals surface area contributed by atoms with E-state index in [1.807, 2.05) is 19.9 Å². The number of nitrogens with zero attached hydrogens (tertiary/aromatic N) is 3. The van der Waals surface area contributed by atoms with E-state index in [4.69, 9.17) is 14.2 Å². The summed E-state index contributed by atoms with van der Waals surface area (Å²) in [6, 6.07) is 4.77. The number of halogens is 1. The molecule has 0 saturated carbocycles. The van der Waals surface area contributed by atoms with Gasteiger partial charge in [-0.05, 0) is 49.6 Å². The summed E-state index contributed by atoms with van der Waals surface area (Å²) >= 11 is 0. The smallest absolute Gasteiger partial charge is 0.258 e. The molecular formula is C21H23FN4O4. The van der Waals surface area contributed by atoms with Crippen LogP contribution < -0.4 is 14.8 Å². The molecule has 158 valence electrons. The molecule has 3 heterocycles. The predicted molar refractivity (Wildman–Crippen MR) is 107 cm³/mol. The molecule has 3 aromatic rings. The molecule has 0 atom stereocenters. The Morgan fingerprint density at radius 1 is 1.33 bits per heavy atom. The Hall–Kier alpha value is -3.20. The Bertz CT molecular complexity index is 1110. The summed E-state index contributed by atoms with van der Waals surface area (Å²) in [6.07, 6.45) is 0.431. The van der Waals surface area contributed by atoms with Crippen LogP contribution in [0.5, 0.6) is 11.6 Å². The first-order chi connectivity index (χ1) is 14.4. The monoisotopic (exact) mass is 414 g/mol. The van der Waals surface area contributed by atoms with Crippen molar-refractivity contribution in [2.45, 2.75) is 26.9 Å². The van der Waals surface area contributed by atoms with Gasteiger partial charge in [0.1, 0.15) is 11.6 Å². The molecule has 2 aromatic heterocycles. The first-order valence-electron chi connectivity index (χ1n) is 9.64. The molecule has 0 fully saturated rings. The van der Waals surface area contributed by atoms with Crippen LogP contribution in [0.25, 0.3) is 11.0 Å². The van der Waals surface area contributed by atoms with E-state index in [9.17, 15) is 9.18 Å². The normalized spacial score (nSPS) is 13.1. The van der Waals surface area contributed by atoms with Crippen LogP contribution in [0, 0.1) is 19.7 Å². The van der Waals surface area contributed by atoms with E-state index in [1.165, 1.54) is 12.1 Å². The van der Waals surface area contributed by atoms with Crippen LogP contribution in [0.1, 0.15) is 22.4 Å². The summed E-state index contributed by atoms with van der Waals surface area (Å²) < 4.78 is 31.8. The van der Waals surface area contributed by atoms with Crippen molar-refractivity contribution in [2.24, 2.45) is 7.05 Å². The number of carbonyl (C=O) groups excluding carboxylic acids is 1. The lowest BCUT2D eigenvalue weighted by molar-refractivity contribution is -0.123. The lowest BCUT2D eigenvalue weighted by Crippen LogP contribution is -2.31. The molecule has 1 aliphatic rings. The highest BCUT2D eigenvalue weighted by Gasteiger charge is 2.18. The highest BCUT2D eigenvalue weighted by atomic mass is 19.1. The third-order valence-corrected chi connectivity index (χ3v) is 4.89. The van der Waals surface area contributed by atoms with E-state index in [0.29, 0.717) is 48.0 Å². The number of hydrogen-bond acceptors (Lipinski definition) is 6. The number of carbonyl (C=O) groups is 1. The summed E-state index contributed by atoms with van der Waals surface area (Å²) in [7, 11) is 1.79. The second-order valence-corrected chi connectivity index (χ2v) is 7.26. The fourth-order valence-corrected chi connectivity index (χ4v) is 3.61. The van der Waals surface area contributed by atoms with E-state index in [0.717, 1.165) is 16.6 Å². The molecule has 0 spiro atoms. The number of fused-ring (bicyclic) bond motifs is 2. The molecule has 9 heteroatoms. The van der Waals surface area contributed by atoms with Crippen LogP contribution in [0.15, 0.2) is 18.2 Å². The maximum Gasteiger partial charge on any atom is 0.258 e. The third-order valence-electron chi connectivity index (χ3n) is 4.89.